The molecule has 30 heavy (non-hydrogen) atoms. The number of thiophene rings is 1. The average molecular weight is 459 g/mol. The molecule has 3 heterocycles. The summed E-state index contributed by atoms with van der Waals surface area (Å²) in [5, 5.41) is 9.94. The second-order valence-electron chi connectivity index (χ2n) is 7.62. The zero-order chi connectivity index (χ0) is 20.8. The van der Waals surface area contributed by atoms with Crippen LogP contribution in [0.25, 0.3) is 21.7 Å². The molecular formula is C21H19ClN4O2S2. The summed E-state index contributed by atoms with van der Waals surface area (Å²) in [6.45, 7) is 4.23. The smallest absolute Gasteiger partial charge is 0.277 e. The van der Waals surface area contributed by atoms with Gasteiger partial charge in [0.05, 0.1) is 10.6 Å². The minimum Gasteiger partial charge on any atom is -0.411 e. The molecule has 154 valence electrons. The highest BCUT2D eigenvalue weighted by Gasteiger charge is 2.24. The molecule has 0 saturated heterocycles. The summed E-state index contributed by atoms with van der Waals surface area (Å²) in [5.74, 6) is 1.71. The summed E-state index contributed by atoms with van der Waals surface area (Å²) in [5.41, 5.74) is 1.94. The van der Waals surface area contributed by atoms with E-state index in [1.54, 1.807) is 23.5 Å². The molecule has 2 atom stereocenters. The molecule has 0 aliphatic heterocycles. The Hall–Kier alpha value is -2.16. The number of rotatable bonds is 4. The van der Waals surface area contributed by atoms with Crippen molar-refractivity contribution in [1.82, 2.24) is 20.2 Å². The quantitative estimate of drug-likeness (QED) is 0.397. The Morgan fingerprint density at radius 3 is 2.90 bits per heavy atom. The standard InChI is InChI=1S/C21H19ClN4O2S2/c1-10-3-8-14-15(9-10)30-20-16(14)18(27)23-17(24-20)11(2)29-21-26-25-19(28-21)12-4-6-13(22)7-5-12/h4-7,10-11H,3,8-9H2,1-2H3,(H,23,24,27). The lowest BCUT2D eigenvalue weighted by atomic mass is 9.89. The van der Waals surface area contributed by atoms with Gasteiger partial charge in [-0.25, -0.2) is 4.98 Å². The molecule has 1 N–H and O–H groups in total. The van der Waals surface area contributed by atoms with Crippen LogP contribution in [0.15, 0.2) is 38.7 Å². The van der Waals surface area contributed by atoms with Crippen molar-refractivity contribution in [2.45, 2.75) is 43.6 Å². The summed E-state index contributed by atoms with van der Waals surface area (Å²) >= 11 is 8.96. The Bertz CT molecular complexity index is 1280. The highest BCUT2D eigenvalue weighted by molar-refractivity contribution is 7.99. The first-order valence-electron chi connectivity index (χ1n) is 9.78. The van der Waals surface area contributed by atoms with E-state index in [1.807, 2.05) is 19.1 Å². The second kappa shape index (κ2) is 7.83. The topological polar surface area (TPSA) is 84.7 Å². The Balaban J connectivity index is 1.41. The minimum atomic E-state index is -0.140. The van der Waals surface area contributed by atoms with Crippen LogP contribution in [0.4, 0.5) is 0 Å². The van der Waals surface area contributed by atoms with Gasteiger partial charge in [0.1, 0.15) is 10.7 Å². The lowest BCUT2D eigenvalue weighted by molar-refractivity contribution is 0.465. The highest BCUT2D eigenvalue weighted by atomic mass is 35.5. The molecule has 6 nitrogen and oxygen atoms in total. The monoisotopic (exact) mass is 458 g/mol. The van der Waals surface area contributed by atoms with E-state index in [0.29, 0.717) is 27.9 Å². The number of H-pyrrole nitrogens is 1. The SMILES string of the molecule is CC1CCc2c(sc3nc(C(C)Sc4nnc(-c5ccc(Cl)cc5)o4)[nH]c(=O)c23)C1. The van der Waals surface area contributed by atoms with E-state index in [2.05, 4.69) is 22.1 Å². The first kappa shape index (κ1) is 19.8. The first-order chi connectivity index (χ1) is 14.5. The summed E-state index contributed by atoms with van der Waals surface area (Å²) in [4.78, 5) is 22.7. The van der Waals surface area contributed by atoms with Crippen molar-refractivity contribution in [2.24, 2.45) is 5.92 Å². The van der Waals surface area contributed by atoms with Crippen LogP contribution in [-0.4, -0.2) is 20.2 Å². The zero-order valence-electron chi connectivity index (χ0n) is 16.4. The van der Waals surface area contributed by atoms with Crippen molar-refractivity contribution >= 4 is 44.9 Å². The number of halogens is 1. The average Bonchev–Trinajstić information content (AvgIpc) is 3.32. The van der Waals surface area contributed by atoms with Gasteiger partial charge in [0.25, 0.3) is 10.8 Å². The van der Waals surface area contributed by atoms with Crippen LogP contribution < -0.4 is 5.56 Å². The Morgan fingerprint density at radius 2 is 2.10 bits per heavy atom. The molecule has 4 aromatic rings. The molecule has 1 aromatic carbocycles. The van der Waals surface area contributed by atoms with Gasteiger partial charge in [-0.3, -0.25) is 4.79 Å². The second-order valence-corrected chi connectivity index (χ2v) is 10.4. The van der Waals surface area contributed by atoms with Crippen LogP contribution in [0, 0.1) is 5.92 Å². The van der Waals surface area contributed by atoms with Crippen molar-refractivity contribution in [3.05, 3.63) is 55.9 Å². The molecule has 0 spiro atoms. The van der Waals surface area contributed by atoms with Crippen LogP contribution in [-0.2, 0) is 12.8 Å². The normalized spacial score (nSPS) is 17.2. The fraction of sp³-hybridized carbons (Fsp3) is 0.333. The van der Waals surface area contributed by atoms with Crippen LogP contribution in [0.3, 0.4) is 0 Å². The van der Waals surface area contributed by atoms with E-state index in [0.717, 1.165) is 35.0 Å². The van der Waals surface area contributed by atoms with Crippen molar-refractivity contribution in [3.8, 4) is 11.5 Å². The van der Waals surface area contributed by atoms with Crippen LogP contribution >= 0.6 is 34.7 Å². The highest BCUT2D eigenvalue weighted by Crippen LogP contribution is 2.38. The third-order valence-corrected chi connectivity index (χ3v) is 7.69. The molecule has 0 fully saturated rings. The van der Waals surface area contributed by atoms with Crippen molar-refractivity contribution in [2.75, 3.05) is 0 Å². The molecule has 0 amide bonds. The number of aromatic amines is 1. The van der Waals surface area contributed by atoms with Gasteiger partial charge in [-0.05, 0) is 61.9 Å². The Kier molecular flexibility index (Phi) is 5.16. The van der Waals surface area contributed by atoms with Gasteiger partial charge < -0.3 is 9.40 Å². The van der Waals surface area contributed by atoms with Gasteiger partial charge in [-0.1, -0.05) is 30.3 Å². The maximum Gasteiger partial charge on any atom is 0.277 e. The summed E-state index contributed by atoms with van der Waals surface area (Å²) in [6, 6.07) is 7.23. The predicted molar refractivity (Wildman–Crippen MR) is 120 cm³/mol. The number of nitrogens with one attached hydrogen (secondary N) is 1. The number of thioether (sulfide) groups is 1. The third-order valence-electron chi connectivity index (χ3n) is 5.34. The van der Waals surface area contributed by atoms with Crippen molar-refractivity contribution < 1.29 is 4.42 Å². The Morgan fingerprint density at radius 1 is 1.30 bits per heavy atom. The molecule has 1 aliphatic rings. The Labute approximate surface area is 186 Å². The lowest BCUT2D eigenvalue weighted by Crippen LogP contribution is -2.15. The first-order valence-corrected chi connectivity index (χ1v) is 11.9. The molecule has 2 unspecified atom stereocenters. The van der Waals surface area contributed by atoms with Crippen molar-refractivity contribution in [3.63, 3.8) is 0 Å². The number of nitrogens with zero attached hydrogens (tertiary/aromatic N) is 3. The van der Waals surface area contributed by atoms with E-state index in [-0.39, 0.29) is 10.8 Å². The predicted octanol–water partition coefficient (Wildman–Crippen LogP) is 5.67. The van der Waals surface area contributed by atoms with E-state index in [9.17, 15) is 4.79 Å². The van der Waals surface area contributed by atoms with Gasteiger partial charge in [0.15, 0.2) is 0 Å². The number of hydrogen-bond acceptors (Lipinski definition) is 7. The van der Waals surface area contributed by atoms with Crippen LogP contribution in [0.1, 0.15) is 41.8 Å². The molecule has 0 saturated carbocycles. The maximum atomic E-state index is 12.8. The molecule has 5 rings (SSSR count). The largest absolute Gasteiger partial charge is 0.411 e. The molecular weight excluding hydrogens is 440 g/mol. The minimum absolute atomic E-state index is 0.0538. The van der Waals surface area contributed by atoms with Crippen LogP contribution in [0.5, 0.6) is 0 Å². The van der Waals surface area contributed by atoms with E-state index in [4.69, 9.17) is 21.0 Å². The molecule has 3 aromatic heterocycles. The summed E-state index contributed by atoms with van der Waals surface area (Å²) in [6.07, 6.45) is 3.12. The zero-order valence-corrected chi connectivity index (χ0v) is 18.8. The molecule has 1 aliphatic carbocycles. The van der Waals surface area contributed by atoms with Crippen molar-refractivity contribution in [1.29, 1.82) is 0 Å². The van der Waals surface area contributed by atoms with E-state index in [1.165, 1.54) is 22.2 Å². The summed E-state index contributed by atoms with van der Waals surface area (Å²) in [7, 11) is 0. The molecule has 0 radical (unpaired) electrons. The number of aryl methyl sites for hydroxylation is 1. The number of benzene rings is 1. The molecule has 9 heteroatoms. The van der Waals surface area contributed by atoms with E-state index < -0.39 is 0 Å². The van der Waals surface area contributed by atoms with Crippen LogP contribution in [0.2, 0.25) is 5.02 Å². The van der Waals surface area contributed by atoms with Gasteiger partial charge in [0.2, 0.25) is 5.89 Å². The third kappa shape index (κ3) is 3.68. The maximum absolute atomic E-state index is 12.8. The number of fused-ring (bicyclic) bond motifs is 3. The van der Waals surface area contributed by atoms with Gasteiger partial charge >= 0.3 is 0 Å². The van der Waals surface area contributed by atoms with Gasteiger partial charge in [-0.15, -0.1) is 21.5 Å². The lowest BCUT2D eigenvalue weighted by Gasteiger charge is -2.17. The molecule has 0 bridgehead atoms. The number of hydrogen-bond donors (Lipinski definition) is 1. The fourth-order valence-corrected chi connectivity index (χ4v) is 5.99. The summed E-state index contributed by atoms with van der Waals surface area (Å²) < 4.78 is 5.78. The van der Waals surface area contributed by atoms with Gasteiger partial charge in [0, 0.05) is 15.5 Å². The van der Waals surface area contributed by atoms with Gasteiger partial charge in [-0.2, -0.15) is 0 Å². The van der Waals surface area contributed by atoms with E-state index >= 15 is 0 Å². The fourth-order valence-electron chi connectivity index (χ4n) is 3.73. The number of aromatic nitrogens is 4.